The van der Waals surface area contributed by atoms with Gasteiger partial charge in [0.05, 0.1) is 10.9 Å². The van der Waals surface area contributed by atoms with Gasteiger partial charge in [-0.15, -0.1) is 11.3 Å². The molecule has 2 aromatic rings. The summed E-state index contributed by atoms with van der Waals surface area (Å²) in [6.45, 7) is 2.45. The molecule has 138 valence electrons. The van der Waals surface area contributed by atoms with Crippen LogP contribution in [0.25, 0.3) is 0 Å². The average molecular weight is 393 g/mol. The number of benzene rings is 1. The maximum Gasteiger partial charge on any atom is 0.254 e. The molecule has 26 heavy (non-hydrogen) atoms. The van der Waals surface area contributed by atoms with Crippen molar-refractivity contribution in [1.29, 1.82) is 0 Å². The number of rotatable bonds is 4. The molecular formula is C17H19N3O4S2. The Kier molecular flexibility index (Phi) is 4.85. The summed E-state index contributed by atoms with van der Waals surface area (Å²) in [5.74, 6) is -1.11. The van der Waals surface area contributed by atoms with Crippen molar-refractivity contribution in [3.8, 4) is 0 Å². The van der Waals surface area contributed by atoms with Crippen LogP contribution in [0.15, 0.2) is 28.5 Å². The van der Waals surface area contributed by atoms with Crippen LogP contribution in [0.5, 0.6) is 0 Å². The molecule has 0 saturated carbocycles. The first-order valence-corrected chi connectivity index (χ1v) is 10.8. The molecule has 9 heteroatoms. The van der Waals surface area contributed by atoms with Gasteiger partial charge < -0.3 is 10.6 Å². The molecular weight excluding hydrogens is 374 g/mol. The van der Waals surface area contributed by atoms with E-state index >= 15 is 0 Å². The molecule has 1 atom stereocenters. The SMILES string of the molecule is Cc1csc(C2CCCN2C(=O)c2cc(C(N)=O)cc(S(C)(=O)=O)c2)n1. The van der Waals surface area contributed by atoms with Crippen molar-refractivity contribution in [2.75, 3.05) is 12.8 Å². The van der Waals surface area contributed by atoms with E-state index in [0.717, 1.165) is 29.8 Å². The monoisotopic (exact) mass is 393 g/mol. The van der Waals surface area contributed by atoms with Crippen LogP contribution in [0, 0.1) is 6.92 Å². The highest BCUT2D eigenvalue weighted by molar-refractivity contribution is 7.90. The number of hydrogen-bond acceptors (Lipinski definition) is 6. The third kappa shape index (κ3) is 3.63. The molecule has 0 aliphatic carbocycles. The number of thiazole rings is 1. The second-order valence-electron chi connectivity index (χ2n) is 6.37. The first-order valence-electron chi connectivity index (χ1n) is 8.05. The van der Waals surface area contributed by atoms with Gasteiger partial charge in [-0.1, -0.05) is 0 Å². The first kappa shape index (κ1) is 18.5. The van der Waals surface area contributed by atoms with Crippen LogP contribution >= 0.6 is 11.3 Å². The molecule has 1 fully saturated rings. The molecule has 1 aliphatic rings. The van der Waals surface area contributed by atoms with E-state index in [0.29, 0.717) is 6.54 Å². The summed E-state index contributed by atoms with van der Waals surface area (Å²) in [5.41, 5.74) is 6.34. The first-order chi connectivity index (χ1) is 12.2. The summed E-state index contributed by atoms with van der Waals surface area (Å²) in [6, 6.07) is 3.70. The fraction of sp³-hybridized carbons (Fsp3) is 0.353. The van der Waals surface area contributed by atoms with Crippen molar-refractivity contribution >= 4 is 33.0 Å². The number of primary amides is 1. The average Bonchev–Trinajstić information content (AvgIpc) is 3.21. The Labute approximate surface area is 155 Å². The molecule has 2 amide bonds. The number of carbonyl (C=O) groups excluding carboxylic acids is 2. The lowest BCUT2D eigenvalue weighted by Gasteiger charge is -2.23. The molecule has 3 rings (SSSR count). The van der Waals surface area contributed by atoms with Gasteiger partial charge in [-0.2, -0.15) is 0 Å². The minimum Gasteiger partial charge on any atom is -0.366 e. The molecule has 0 radical (unpaired) electrons. The van der Waals surface area contributed by atoms with Gasteiger partial charge in [-0.05, 0) is 38.0 Å². The van der Waals surface area contributed by atoms with E-state index in [9.17, 15) is 18.0 Å². The van der Waals surface area contributed by atoms with Crippen LogP contribution in [0.1, 0.15) is 50.3 Å². The van der Waals surface area contributed by atoms with E-state index in [1.807, 2.05) is 12.3 Å². The lowest BCUT2D eigenvalue weighted by Crippen LogP contribution is -2.31. The van der Waals surface area contributed by atoms with Crippen molar-refractivity contribution in [2.24, 2.45) is 5.73 Å². The van der Waals surface area contributed by atoms with E-state index < -0.39 is 15.7 Å². The van der Waals surface area contributed by atoms with Crippen molar-refractivity contribution in [2.45, 2.75) is 30.7 Å². The number of amides is 2. The molecule has 1 unspecified atom stereocenters. The summed E-state index contributed by atoms with van der Waals surface area (Å²) >= 11 is 1.50. The lowest BCUT2D eigenvalue weighted by atomic mass is 10.1. The molecule has 2 heterocycles. The fourth-order valence-corrected chi connectivity index (χ4v) is 4.66. The normalized spacial score (nSPS) is 17.5. The van der Waals surface area contributed by atoms with Gasteiger partial charge in [0, 0.05) is 35.0 Å². The number of aromatic nitrogens is 1. The molecule has 0 spiro atoms. The highest BCUT2D eigenvalue weighted by Crippen LogP contribution is 2.35. The predicted molar refractivity (Wildman–Crippen MR) is 97.9 cm³/mol. The van der Waals surface area contributed by atoms with Gasteiger partial charge in [0.15, 0.2) is 9.84 Å². The topological polar surface area (TPSA) is 110 Å². The third-order valence-electron chi connectivity index (χ3n) is 4.30. The number of carbonyl (C=O) groups is 2. The van der Waals surface area contributed by atoms with E-state index in [4.69, 9.17) is 5.73 Å². The summed E-state index contributed by atoms with van der Waals surface area (Å²) in [4.78, 5) is 30.7. The second kappa shape index (κ2) is 6.81. The standard InChI is InChI=1S/C17H19N3O4S2/c1-10-9-25-16(19-10)14-4-3-5-20(14)17(22)12-6-11(15(18)21)7-13(8-12)26(2,23)24/h6-9,14H,3-5H2,1-2H3,(H2,18,21). The van der Waals surface area contributed by atoms with Crippen LogP contribution in [0.2, 0.25) is 0 Å². The largest absolute Gasteiger partial charge is 0.366 e. The zero-order valence-corrected chi connectivity index (χ0v) is 16.1. The van der Waals surface area contributed by atoms with E-state index in [1.54, 1.807) is 4.90 Å². The summed E-state index contributed by atoms with van der Waals surface area (Å²) in [6.07, 6.45) is 2.66. The number of aryl methyl sites for hydroxylation is 1. The molecule has 1 aliphatic heterocycles. The maximum atomic E-state index is 13.0. The fourth-order valence-electron chi connectivity index (χ4n) is 3.04. The van der Waals surface area contributed by atoms with E-state index in [2.05, 4.69) is 4.98 Å². The Morgan fingerprint density at radius 3 is 2.54 bits per heavy atom. The van der Waals surface area contributed by atoms with Crippen LogP contribution in [0.3, 0.4) is 0 Å². The summed E-state index contributed by atoms with van der Waals surface area (Å²) < 4.78 is 23.8. The van der Waals surface area contributed by atoms with Crippen LogP contribution in [-0.2, 0) is 9.84 Å². The maximum absolute atomic E-state index is 13.0. The van der Waals surface area contributed by atoms with Crippen molar-refractivity contribution in [3.05, 3.63) is 45.4 Å². The highest BCUT2D eigenvalue weighted by Gasteiger charge is 2.33. The van der Waals surface area contributed by atoms with Crippen molar-refractivity contribution in [3.63, 3.8) is 0 Å². The quantitative estimate of drug-likeness (QED) is 0.853. The third-order valence-corrected chi connectivity index (χ3v) is 6.46. The van der Waals surface area contributed by atoms with Gasteiger partial charge in [0.1, 0.15) is 5.01 Å². The second-order valence-corrected chi connectivity index (χ2v) is 9.27. The van der Waals surface area contributed by atoms with Gasteiger partial charge in [-0.25, -0.2) is 13.4 Å². The van der Waals surface area contributed by atoms with Crippen LogP contribution in [0.4, 0.5) is 0 Å². The Balaban J connectivity index is 2.01. The number of nitrogens with zero attached hydrogens (tertiary/aromatic N) is 2. The molecule has 1 aromatic heterocycles. The molecule has 0 bridgehead atoms. The summed E-state index contributed by atoms with van der Waals surface area (Å²) in [5, 5.41) is 2.80. The Morgan fingerprint density at radius 1 is 1.27 bits per heavy atom. The zero-order valence-electron chi connectivity index (χ0n) is 14.4. The summed E-state index contributed by atoms with van der Waals surface area (Å²) in [7, 11) is -3.59. The van der Waals surface area contributed by atoms with E-state index in [1.165, 1.54) is 29.5 Å². The number of likely N-dealkylation sites (tertiary alicyclic amines) is 1. The van der Waals surface area contributed by atoms with Crippen LogP contribution < -0.4 is 5.73 Å². The Bertz CT molecular complexity index is 982. The van der Waals surface area contributed by atoms with Gasteiger partial charge in [0.25, 0.3) is 5.91 Å². The lowest BCUT2D eigenvalue weighted by molar-refractivity contribution is 0.0735. The zero-order chi connectivity index (χ0) is 19.1. The van der Waals surface area contributed by atoms with Crippen molar-refractivity contribution in [1.82, 2.24) is 9.88 Å². The molecule has 7 nitrogen and oxygen atoms in total. The number of nitrogens with two attached hydrogens (primary N) is 1. The molecule has 1 aromatic carbocycles. The number of sulfone groups is 1. The Morgan fingerprint density at radius 2 is 1.96 bits per heavy atom. The van der Waals surface area contributed by atoms with E-state index in [-0.39, 0.29) is 28.0 Å². The predicted octanol–water partition coefficient (Wildman–Crippen LogP) is 1.93. The molecule has 2 N–H and O–H groups in total. The smallest absolute Gasteiger partial charge is 0.254 e. The van der Waals surface area contributed by atoms with Crippen molar-refractivity contribution < 1.29 is 18.0 Å². The number of hydrogen-bond donors (Lipinski definition) is 1. The van der Waals surface area contributed by atoms with Gasteiger partial charge in [-0.3, -0.25) is 9.59 Å². The Hall–Kier alpha value is -2.26. The minimum atomic E-state index is -3.59. The molecule has 1 saturated heterocycles. The van der Waals surface area contributed by atoms with Gasteiger partial charge in [0.2, 0.25) is 5.91 Å². The minimum absolute atomic E-state index is 0.00267. The van der Waals surface area contributed by atoms with Gasteiger partial charge >= 0.3 is 0 Å². The van der Waals surface area contributed by atoms with Crippen LogP contribution in [-0.4, -0.2) is 42.9 Å². The highest BCUT2D eigenvalue weighted by atomic mass is 32.2.